The fourth-order valence-corrected chi connectivity index (χ4v) is 2.82. The Bertz CT molecular complexity index is 219. The zero-order chi connectivity index (χ0) is 15.6. The van der Waals surface area contributed by atoms with Crippen molar-refractivity contribution in [2.45, 2.75) is 116 Å². The third kappa shape index (κ3) is 22.0. The van der Waals surface area contributed by atoms with Crippen LogP contribution in [0.15, 0.2) is 0 Å². The number of hydrogen-bond donors (Lipinski definition) is 1. The van der Waals surface area contributed by atoms with Crippen molar-refractivity contribution in [1.82, 2.24) is 0 Å². The van der Waals surface area contributed by atoms with Crippen LogP contribution in [0.4, 0.5) is 0 Å². The molecule has 3 heteroatoms. The highest BCUT2D eigenvalue weighted by Crippen LogP contribution is 2.13. The van der Waals surface area contributed by atoms with Crippen LogP contribution in [0.2, 0.25) is 0 Å². The molecule has 0 aromatic heterocycles. The topological polar surface area (TPSA) is 37.3 Å². The summed E-state index contributed by atoms with van der Waals surface area (Å²) in [4.78, 5) is 10.3. The van der Waals surface area contributed by atoms with Gasteiger partial charge in [0.15, 0.2) is 0 Å². The molecule has 0 spiro atoms. The molecule has 2 nitrogen and oxygen atoms in total. The first kappa shape index (κ1) is 24.0. The van der Waals surface area contributed by atoms with E-state index in [0.29, 0.717) is 6.42 Å². The summed E-state index contributed by atoms with van der Waals surface area (Å²) in [6.45, 7) is 2.27. The molecule has 0 amide bonds. The van der Waals surface area contributed by atoms with Crippen LogP contribution in [0.3, 0.4) is 0 Å². The quantitative estimate of drug-likeness (QED) is 0.287. The molecule has 0 radical (unpaired) electrons. The van der Waals surface area contributed by atoms with Gasteiger partial charge in [0.2, 0.25) is 0 Å². The predicted octanol–water partition coefficient (Wildman–Crippen LogP) is 7.14. The summed E-state index contributed by atoms with van der Waals surface area (Å²) in [5.41, 5.74) is 0. The Balaban J connectivity index is 0. The van der Waals surface area contributed by atoms with Crippen molar-refractivity contribution in [2.75, 3.05) is 0 Å². The highest BCUT2D eigenvalue weighted by atomic mass is 35.5. The van der Waals surface area contributed by atoms with Gasteiger partial charge < -0.3 is 5.11 Å². The smallest absolute Gasteiger partial charge is 0.303 e. The molecule has 0 rings (SSSR count). The highest BCUT2D eigenvalue weighted by molar-refractivity contribution is 5.85. The molecule has 0 saturated carbocycles. The van der Waals surface area contributed by atoms with Crippen LogP contribution in [0.25, 0.3) is 0 Å². The van der Waals surface area contributed by atoms with Crippen molar-refractivity contribution in [3.63, 3.8) is 0 Å². The van der Waals surface area contributed by atoms with E-state index in [2.05, 4.69) is 6.92 Å². The minimum atomic E-state index is -0.652. The Morgan fingerprint density at radius 3 is 1.14 bits per heavy atom. The Labute approximate surface area is 144 Å². The lowest BCUT2D eigenvalue weighted by atomic mass is 10.0. The van der Waals surface area contributed by atoms with Crippen LogP contribution in [0.1, 0.15) is 116 Å². The maximum Gasteiger partial charge on any atom is 0.303 e. The first-order valence-corrected chi connectivity index (χ1v) is 9.49. The average Bonchev–Trinajstić information content (AvgIpc) is 2.46. The summed E-state index contributed by atoms with van der Waals surface area (Å²) in [5.74, 6) is -0.652. The molecule has 0 aliphatic carbocycles. The third-order valence-corrected chi connectivity index (χ3v) is 4.24. The number of unbranched alkanes of at least 4 members (excludes halogenated alkanes) is 15. The molecule has 0 aromatic carbocycles. The monoisotopic (exact) mass is 334 g/mol. The molecule has 0 aliphatic rings. The van der Waals surface area contributed by atoms with E-state index in [0.717, 1.165) is 12.8 Å². The first-order valence-electron chi connectivity index (χ1n) is 9.49. The van der Waals surface area contributed by atoms with E-state index in [1.54, 1.807) is 0 Å². The number of rotatable bonds is 17. The Morgan fingerprint density at radius 1 is 0.591 bits per heavy atom. The number of carbonyl (C=O) groups is 1. The van der Waals surface area contributed by atoms with Gasteiger partial charge in [-0.05, 0) is 6.42 Å². The predicted molar refractivity (Wildman–Crippen MR) is 99.0 cm³/mol. The van der Waals surface area contributed by atoms with Gasteiger partial charge in [-0.2, -0.15) is 0 Å². The second kappa shape index (κ2) is 20.8. The summed E-state index contributed by atoms with van der Waals surface area (Å²) in [7, 11) is 0. The van der Waals surface area contributed by atoms with Gasteiger partial charge in [-0.3, -0.25) is 4.79 Å². The van der Waals surface area contributed by atoms with Crippen molar-refractivity contribution < 1.29 is 9.90 Å². The average molecular weight is 335 g/mol. The summed E-state index contributed by atoms with van der Waals surface area (Å²) < 4.78 is 0. The molecule has 0 unspecified atom stereocenters. The second-order valence-electron chi connectivity index (χ2n) is 6.45. The number of hydrogen-bond acceptors (Lipinski definition) is 1. The zero-order valence-corrected chi connectivity index (χ0v) is 15.6. The van der Waals surface area contributed by atoms with Gasteiger partial charge in [-0.15, -0.1) is 12.4 Å². The van der Waals surface area contributed by atoms with E-state index in [1.165, 1.54) is 89.9 Å². The fourth-order valence-electron chi connectivity index (χ4n) is 2.82. The summed E-state index contributed by atoms with van der Waals surface area (Å²) in [5, 5.41) is 8.53. The molecule has 134 valence electrons. The molecule has 0 bridgehead atoms. The SMILES string of the molecule is CCCCCCCCCCCCCCCCCCC(=O)O.Cl. The molecule has 22 heavy (non-hydrogen) atoms. The number of carboxylic acid groups (broad SMARTS) is 1. The minimum Gasteiger partial charge on any atom is -0.481 e. The molecule has 0 atom stereocenters. The third-order valence-electron chi connectivity index (χ3n) is 4.24. The zero-order valence-electron chi connectivity index (χ0n) is 14.8. The van der Waals surface area contributed by atoms with Crippen molar-refractivity contribution in [1.29, 1.82) is 0 Å². The lowest BCUT2D eigenvalue weighted by Gasteiger charge is -2.03. The van der Waals surface area contributed by atoms with Gasteiger partial charge in [-0.1, -0.05) is 103 Å². The van der Waals surface area contributed by atoms with E-state index in [1.807, 2.05) is 0 Å². The van der Waals surface area contributed by atoms with Gasteiger partial charge in [0.05, 0.1) is 0 Å². The van der Waals surface area contributed by atoms with Crippen molar-refractivity contribution >= 4 is 18.4 Å². The molecule has 0 heterocycles. The van der Waals surface area contributed by atoms with Gasteiger partial charge in [0.25, 0.3) is 0 Å². The molecule has 0 aliphatic heterocycles. The van der Waals surface area contributed by atoms with Gasteiger partial charge in [0, 0.05) is 6.42 Å². The molecular formula is C19H39ClO2. The normalized spacial score (nSPS) is 10.4. The van der Waals surface area contributed by atoms with Crippen LogP contribution in [-0.4, -0.2) is 11.1 Å². The molecule has 0 saturated heterocycles. The van der Waals surface area contributed by atoms with Crippen LogP contribution in [0.5, 0.6) is 0 Å². The van der Waals surface area contributed by atoms with E-state index in [4.69, 9.17) is 5.11 Å². The maximum atomic E-state index is 10.3. The Hall–Kier alpha value is -0.240. The van der Waals surface area contributed by atoms with E-state index in [-0.39, 0.29) is 12.4 Å². The summed E-state index contributed by atoms with van der Waals surface area (Å²) in [6.07, 6.45) is 21.7. The Kier molecular flexibility index (Phi) is 22.7. The summed E-state index contributed by atoms with van der Waals surface area (Å²) >= 11 is 0. The van der Waals surface area contributed by atoms with E-state index in [9.17, 15) is 4.79 Å². The van der Waals surface area contributed by atoms with Crippen LogP contribution < -0.4 is 0 Å². The van der Waals surface area contributed by atoms with Crippen molar-refractivity contribution in [3.05, 3.63) is 0 Å². The standard InChI is InChI=1S/C19H38O2.ClH/c1-2-3-4-5-6-7-8-9-10-11-12-13-14-15-16-17-18-19(20)21;/h2-18H2,1H3,(H,20,21);1H. The van der Waals surface area contributed by atoms with Gasteiger partial charge >= 0.3 is 5.97 Å². The molecule has 0 aromatic rings. The molecule has 1 N–H and O–H groups in total. The van der Waals surface area contributed by atoms with E-state index >= 15 is 0 Å². The summed E-state index contributed by atoms with van der Waals surface area (Å²) in [6, 6.07) is 0. The second-order valence-corrected chi connectivity index (χ2v) is 6.45. The number of aliphatic carboxylic acids is 1. The largest absolute Gasteiger partial charge is 0.481 e. The van der Waals surface area contributed by atoms with Crippen molar-refractivity contribution in [2.24, 2.45) is 0 Å². The molecule has 0 fully saturated rings. The lowest BCUT2D eigenvalue weighted by molar-refractivity contribution is -0.137. The fraction of sp³-hybridized carbons (Fsp3) is 0.947. The van der Waals surface area contributed by atoms with E-state index < -0.39 is 5.97 Å². The minimum absolute atomic E-state index is 0. The van der Waals surface area contributed by atoms with Gasteiger partial charge in [0.1, 0.15) is 0 Å². The van der Waals surface area contributed by atoms with Crippen LogP contribution >= 0.6 is 12.4 Å². The van der Waals surface area contributed by atoms with Gasteiger partial charge in [-0.25, -0.2) is 0 Å². The van der Waals surface area contributed by atoms with Crippen LogP contribution in [-0.2, 0) is 4.79 Å². The first-order chi connectivity index (χ1) is 10.3. The molecular weight excluding hydrogens is 296 g/mol. The number of carboxylic acids is 1. The van der Waals surface area contributed by atoms with Crippen LogP contribution in [0, 0.1) is 0 Å². The Morgan fingerprint density at radius 2 is 0.864 bits per heavy atom. The lowest BCUT2D eigenvalue weighted by Crippen LogP contribution is -1.93. The number of halogens is 1. The van der Waals surface area contributed by atoms with Crippen molar-refractivity contribution in [3.8, 4) is 0 Å². The maximum absolute atomic E-state index is 10.3. The highest BCUT2D eigenvalue weighted by Gasteiger charge is 1.97.